The quantitative estimate of drug-likeness (QED) is 0.874. The van der Waals surface area contributed by atoms with Crippen LogP contribution in [0.4, 0.5) is 5.69 Å². The minimum Gasteiger partial charge on any atom is -0.325 e. The van der Waals surface area contributed by atoms with Crippen LogP contribution < -0.4 is 11.1 Å². The second kappa shape index (κ2) is 5.29. The molecule has 90 valence electrons. The number of thiophene rings is 1. The molecule has 0 aliphatic heterocycles. The molecule has 0 radical (unpaired) electrons. The van der Waals surface area contributed by atoms with Crippen LogP contribution in [0.5, 0.6) is 0 Å². The maximum Gasteiger partial charge on any atom is 0.241 e. The summed E-state index contributed by atoms with van der Waals surface area (Å²) in [6, 6.07) is 7.53. The molecule has 0 aliphatic carbocycles. The number of carbonyl (C=O) groups excluding carboxylic acids is 1. The van der Waals surface area contributed by atoms with E-state index in [2.05, 4.69) is 5.32 Å². The lowest BCUT2D eigenvalue weighted by molar-refractivity contribution is -0.117. The Hall–Kier alpha value is -1.39. The average Bonchev–Trinajstić information content (AvgIpc) is 2.76. The minimum atomic E-state index is -0.418. The Bertz CT molecular complexity index is 521. The Labute approximate surface area is 105 Å². The summed E-state index contributed by atoms with van der Waals surface area (Å²) < 4.78 is 1.22. The highest BCUT2D eigenvalue weighted by atomic mass is 32.1. The first-order valence-corrected chi connectivity index (χ1v) is 6.62. The van der Waals surface area contributed by atoms with Gasteiger partial charge in [-0.25, -0.2) is 0 Å². The zero-order chi connectivity index (χ0) is 12.3. The molecular weight excluding hydrogens is 232 g/mol. The molecule has 2 aromatic rings. The number of nitrogens with one attached hydrogen (secondary N) is 1. The van der Waals surface area contributed by atoms with Crippen LogP contribution in [0.25, 0.3) is 10.1 Å². The van der Waals surface area contributed by atoms with Crippen molar-refractivity contribution in [2.24, 2.45) is 5.73 Å². The van der Waals surface area contributed by atoms with E-state index in [1.54, 1.807) is 11.3 Å². The van der Waals surface area contributed by atoms with E-state index in [9.17, 15) is 4.79 Å². The van der Waals surface area contributed by atoms with Gasteiger partial charge in [0, 0.05) is 10.4 Å². The fourth-order valence-electron chi connectivity index (χ4n) is 1.72. The van der Waals surface area contributed by atoms with Crippen LogP contribution in [0.3, 0.4) is 0 Å². The zero-order valence-corrected chi connectivity index (χ0v) is 10.6. The molecule has 4 heteroatoms. The van der Waals surface area contributed by atoms with Crippen LogP contribution in [0.15, 0.2) is 29.6 Å². The van der Waals surface area contributed by atoms with E-state index in [0.717, 1.165) is 17.5 Å². The Morgan fingerprint density at radius 1 is 1.47 bits per heavy atom. The largest absolute Gasteiger partial charge is 0.325 e. The summed E-state index contributed by atoms with van der Waals surface area (Å²) >= 11 is 1.69. The molecule has 0 saturated carbocycles. The molecular formula is C13H16N2OS. The Kier molecular flexibility index (Phi) is 3.76. The molecule has 1 heterocycles. The SMILES string of the molecule is CCC[C@H](N)C(=O)Nc1ccc2sccc2c1. The van der Waals surface area contributed by atoms with Crippen LogP contribution in [-0.4, -0.2) is 11.9 Å². The van der Waals surface area contributed by atoms with Gasteiger partial charge in [0.05, 0.1) is 6.04 Å². The summed E-state index contributed by atoms with van der Waals surface area (Å²) in [5.41, 5.74) is 6.57. The van der Waals surface area contributed by atoms with Crippen molar-refractivity contribution in [2.75, 3.05) is 5.32 Å². The predicted octanol–water partition coefficient (Wildman–Crippen LogP) is 2.97. The monoisotopic (exact) mass is 248 g/mol. The number of anilines is 1. The average molecular weight is 248 g/mol. The lowest BCUT2D eigenvalue weighted by atomic mass is 10.1. The number of rotatable bonds is 4. The molecule has 0 fully saturated rings. The van der Waals surface area contributed by atoms with Gasteiger partial charge in [-0.3, -0.25) is 4.79 Å². The van der Waals surface area contributed by atoms with Gasteiger partial charge in [0.2, 0.25) is 5.91 Å². The van der Waals surface area contributed by atoms with Gasteiger partial charge in [-0.15, -0.1) is 11.3 Å². The van der Waals surface area contributed by atoms with Crippen molar-refractivity contribution in [3.05, 3.63) is 29.6 Å². The number of hydrogen-bond acceptors (Lipinski definition) is 3. The molecule has 2 rings (SSSR count). The summed E-state index contributed by atoms with van der Waals surface area (Å²) in [6.45, 7) is 2.02. The third-order valence-electron chi connectivity index (χ3n) is 2.66. The van der Waals surface area contributed by atoms with Crippen LogP contribution in [0.1, 0.15) is 19.8 Å². The fraction of sp³-hybridized carbons (Fsp3) is 0.308. The lowest BCUT2D eigenvalue weighted by Crippen LogP contribution is -2.35. The van der Waals surface area contributed by atoms with Gasteiger partial charge in [-0.2, -0.15) is 0 Å². The van der Waals surface area contributed by atoms with Crippen molar-refractivity contribution in [1.82, 2.24) is 0 Å². The molecule has 3 nitrogen and oxygen atoms in total. The summed E-state index contributed by atoms with van der Waals surface area (Å²) in [5.74, 6) is -0.110. The van der Waals surface area contributed by atoms with Crippen LogP contribution in [0.2, 0.25) is 0 Å². The van der Waals surface area contributed by atoms with Crippen molar-refractivity contribution in [3.8, 4) is 0 Å². The topological polar surface area (TPSA) is 55.1 Å². The van der Waals surface area contributed by atoms with Gasteiger partial charge in [0.25, 0.3) is 0 Å². The Balaban J connectivity index is 2.09. The Morgan fingerprint density at radius 2 is 2.29 bits per heavy atom. The highest BCUT2D eigenvalue weighted by Crippen LogP contribution is 2.24. The van der Waals surface area contributed by atoms with E-state index in [1.807, 2.05) is 36.6 Å². The second-order valence-electron chi connectivity index (χ2n) is 4.06. The molecule has 0 unspecified atom stereocenters. The number of hydrogen-bond donors (Lipinski definition) is 2. The Morgan fingerprint density at radius 3 is 3.06 bits per heavy atom. The normalized spacial score (nSPS) is 12.6. The van der Waals surface area contributed by atoms with Crippen molar-refractivity contribution in [3.63, 3.8) is 0 Å². The van der Waals surface area contributed by atoms with Gasteiger partial charge in [-0.05, 0) is 41.5 Å². The van der Waals surface area contributed by atoms with Crippen LogP contribution >= 0.6 is 11.3 Å². The van der Waals surface area contributed by atoms with E-state index in [-0.39, 0.29) is 5.91 Å². The molecule has 0 spiro atoms. The second-order valence-corrected chi connectivity index (χ2v) is 5.01. The number of amides is 1. The van der Waals surface area contributed by atoms with Crippen molar-refractivity contribution in [1.29, 1.82) is 0 Å². The summed E-state index contributed by atoms with van der Waals surface area (Å²) in [5, 5.41) is 6.04. The van der Waals surface area contributed by atoms with E-state index in [4.69, 9.17) is 5.73 Å². The van der Waals surface area contributed by atoms with Crippen LogP contribution in [-0.2, 0) is 4.79 Å². The van der Waals surface area contributed by atoms with Crippen molar-refractivity contribution >= 4 is 33.0 Å². The molecule has 1 atom stereocenters. The molecule has 0 aliphatic rings. The third-order valence-corrected chi connectivity index (χ3v) is 3.55. The van der Waals surface area contributed by atoms with Gasteiger partial charge in [-0.1, -0.05) is 13.3 Å². The van der Waals surface area contributed by atoms with Crippen molar-refractivity contribution in [2.45, 2.75) is 25.8 Å². The third kappa shape index (κ3) is 2.84. The molecule has 17 heavy (non-hydrogen) atoms. The smallest absolute Gasteiger partial charge is 0.241 e. The van der Waals surface area contributed by atoms with E-state index < -0.39 is 6.04 Å². The molecule has 3 N–H and O–H groups in total. The van der Waals surface area contributed by atoms with Gasteiger partial charge < -0.3 is 11.1 Å². The lowest BCUT2D eigenvalue weighted by Gasteiger charge is -2.11. The standard InChI is InChI=1S/C13H16N2OS/c1-2-3-11(14)13(16)15-10-4-5-12-9(8-10)6-7-17-12/h4-8,11H,2-3,14H2,1H3,(H,15,16)/t11-/m0/s1. The molecule has 0 bridgehead atoms. The first-order valence-electron chi connectivity index (χ1n) is 5.74. The highest BCUT2D eigenvalue weighted by molar-refractivity contribution is 7.17. The van der Waals surface area contributed by atoms with Gasteiger partial charge in [0.1, 0.15) is 0 Å². The summed E-state index contributed by atoms with van der Waals surface area (Å²) in [6.07, 6.45) is 1.63. The van der Waals surface area contributed by atoms with Gasteiger partial charge >= 0.3 is 0 Å². The first-order chi connectivity index (χ1) is 8.20. The highest BCUT2D eigenvalue weighted by Gasteiger charge is 2.12. The maximum absolute atomic E-state index is 11.7. The number of benzene rings is 1. The van der Waals surface area contributed by atoms with Crippen LogP contribution in [0, 0.1) is 0 Å². The predicted molar refractivity (Wildman–Crippen MR) is 73.3 cm³/mol. The first kappa shape index (κ1) is 12.1. The van der Waals surface area contributed by atoms with E-state index in [0.29, 0.717) is 6.42 Å². The summed E-state index contributed by atoms with van der Waals surface area (Å²) in [7, 11) is 0. The number of carbonyl (C=O) groups is 1. The molecule has 1 amide bonds. The fourth-order valence-corrected chi connectivity index (χ4v) is 2.49. The van der Waals surface area contributed by atoms with Gasteiger partial charge in [0.15, 0.2) is 0 Å². The zero-order valence-electron chi connectivity index (χ0n) is 9.77. The number of nitrogens with two attached hydrogens (primary N) is 1. The molecule has 1 aromatic carbocycles. The molecule has 0 saturated heterocycles. The van der Waals surface area contributed by atoms with E-state index >= 15 is 0 Å². The summed E-state index contributed by atoms with van der Waals surface area (Å²) in [4.78, 5) is 11.7. The number of fused-ring (bicyclic) bond motifs is 1. The molecule has 1 aromatic heterocycles. The minimum absolute atomic E-state index is 0.110. The van der Waals surface area contributed by atoms with E-state index in [1.165, 1.54) is 4.70 Å². The van der Waals surface area contributed by atoms with Crippen molar-refractivity contribution < 1.29 is 4.79 Å². The maximum atomic E-state index is 11.7.